The summed E-state index contributed by atoms with van der Waals surface area (Å²) in [5, 5.41) is 1.01. The molecule has 4 heterocycles. The highest BCUT2D eigenvalue weighted by Gasteiger charge is 2.23. The molecule has 5 nitrogen and oxygen atoms in total. The van der Waals surface area contributed by atoms with Crippen molar-refractivity contribution in [3.05, 3.63) is 47.8 Å². The van der Waals surface area contributed by atoms with Crippen LogP contribution in [0.2, 0.25) is 0 Å². The number of benzene rings is 1. The van der Waals surface area contributed by atoms with Crippen LogP contribution >= 0.6 is 0 Å². The molecule has 28 heavy (non-hydrogen) atoms. The van der Waals surface area contributed by atoms with E-state index in [1.165, 1.54) is 0 Å². The number of nitrogens with zero attached hydrogens (tertiary/aromatic N) is 4. The minimum absolute atomic E-state index is 0.266. The van der Waals surface area contributed by atoms with Gasteiger partial charge in [-0.2, -0.15) is 0 Å². The number of fused-ring (bicyclic) bond motifs is 2. The lowest BCUT2D eigenvalue weighted by Gasteiger charge is -2.30. The summed E-state index contributed by atoms with van der Waals surface area (Å²) < 4.78 is 17.3. The van der Waals surface area contributed by atoms with E-state index < -0.39 is 0 Å². The van der Waals surface area contributed by atoms with Crippen LogP contribution in [-0.2, 0) is 0 Å². The predicted octanol–water partition coefficient (Wildman–Crippen LogP) is 4.60. The Bertz CT molecular complexity index is 1180. The first-order valence-corrected chi connectivity index (χ1v) is 9.82. The molecule has 1 saturated heterocycles. The third kappa shape index (κ3) is 2.71. The number of hydrogen-bond acceptors (Lipinski definition) is 3. The average Bonchev–Trinajstić information content (AvgIpc) is 3.23. The number of halogens is 1. The third-order valence-electron chi connectivity index (χ3n) is 5.96. The monoisotopic (exact) mass is 377 g/mol. The molecular weight excluding hydrogens is 353 g/mol. The number of hydrogen-bond donors (Lipinski definition) is 1. The first-order chi connectivity index (χ1) is 13.5. The fourth-order valence-corrected chi connectivity index (χ4v) is 4.49. The van der Waals surface area contributed by atoms with E-state index in [-0.39, 0.29) is 5.82 Å². The lowest BCUT2D eigenvalue weighted by atomic mass is 10.0. The van der Waals surface area contributed by atoms with Crippen molar-refractivity contribution in [2.45, 2.75) is 32.7 Å². The second-order valence-electron chi connectivity index (χ2n) is 8.00. The summed E-state index contributed by atoms with van der Waals surface area (Å²) in [5.41, 5.74) is 5.09. The van der Waals surface area contributed by atoms with Crippen LogP contribution in [0, 0.1) is 19.7 Å². The summed E-state index contributed by atoms with van der Waals surface area (Å²) in [6, 6.07) is 6.14. The van der Waals surface area contributed by atoms with Crippen LogP contribution in [0.4, 0.5) is 4.39 Å². The van der Waals surface area contributed by atoms with Gasteiger partial charge in [-0.3, -0.25) is 0 Å². The minimum atomic E-state index is -0.266. The molecule has 6 heteroatoms. The lowest BCUT2D eigenvalue weighted by Crippen LogP contribution is -2.31. The highest BCUT2D eigenvalue weighted by Crippen LogP contribution is 2.35. The summed E-state index contributed by atoms with van der Waals surface area (Å²) in [4.78, 5) is 14.6. The Kier molecular flexibility index (Phi) is 3.98. The Labute approximate surface area is 163 Å². The summed E-state index contributed by atoms with van der Waals surface area (Å²) >= 11 is 0. The molecule has 1 aliphatic heterocycles. The van der Waals surface area contributed by atoms with Crippen molar-refractivity contribution in [2.75, 3.05) is 20.1 Å². The molecule has 3 aromatic heterocycles. The highest BCUT2D eigenvalue weighted by molar-refractivity contribution is 5.96. The first kappa shape index (κ1) is 17.4. The van der Waals surface area contributed by atoms with Crippen molar-refractivity contribution in [3.63, 3.8) is 0 Å². The van der Waals surface area contributed by atoms with Gasteiger partial charge in [-0.25, -0.2) is 14.4 Å². The number of aromatic nitrogens is 4. The molecule has 0 unspecified atom stereocenters. The molecule has 0 aliphatic carbocycles. The largest absolute Gasteiger partial charge is 0.346 e. The van der Waals surface area contributed by atoms with Gasteiger partial charge in [0.05, 0.1) is 5.52 Å². The number of aryl methyl sites for hydroxylation is 2. The van der Waals surface area contributed by atoms with Crippen LogP contribution in [0.15, 0.2) is 30.6 Å². The van der Waals surface area contributed by atoms with Crippen LogP contribution in [0.1, 0.15) is 30.3 Å². The quantitative estimate of drug-likeness (QED) is 0.555. The molecule has 0 spiro atoms. The fourth-order valence-electron chi connectivity index (χ4n) is 4.49. The zero-order chi connectivity index (χ0) is 19.4. The van der Waals surface area contributed by atoms with E-state index in [0.717, 1.165) is 65.0 Å². The van der Waals surface area contributed by atoms with Crippen molar-refractivity contribution < 1.29 is 4.39 Å². The maximum atomic E-state index is 15.0. The van der Waals surface area contributed by atoms with Crippen molar-refractivity contribution in [3.8, 4) is 11.1 Å². The lowest BCUT2D eigenvalue weighted by molar-refractivity contribution is 0.222. The van der Waals surface area contributed by atoms with E-state index in [1.807, 2.05) is 26.2 Å². The van der Waals surface area contributed by atoms with Crippen molar-refractivity contribution >= 4 is 22.1 Å². The number of pyridine rings is 1. The number of H-pyrrole nitrogens is 1. The zero-order valence-electron chi connectivity index (χ0n) is 16.5. The van der Waals surface area contributed by atoms with Crippen molar-refractivity contribution in [1.29, 1.82) is 0 Å². The van der Waals surface area contributed by atoms with Gasteiger partial charge in [0, 0.05) is 29.4 Å². The Balaban J connectivity index is 1.69. The second-order valence-corrected chi connectivity index (χ2v) is 8.00. The topological polar surface area (TPSA) is 49.7 Å². The number of likely N-dealkylation sites (tertiary alicyclic amines) is 1. The van der Waals surface area contributed by atoms with Gasteiger partial charge >= 0.3 is 0 Å². The van der Waals surface area contributed by atoms with E-state index in [4.69, 9.17) is 0 Å². The molecule has 1 aliphatic rings. The van der Waals surface area contributed by atoms with E-state index in [9.17, 15) is 0 Å². The van der Waals surface area contributed by atoms with Crippen LogP contribution in [0.25, 0.3) is 33.2 Å². The second kappa shape index (κ2) is 6.41. The SMILES string of the molecule is Cc1cnc2[nH]cc(-c3cc(F)c4nc(C)n(C5CCN(C)CC5)c4c3)c2c1. The van der Waals surface area contributed by atoms with E-state index >= 15 is 4.39 Å². The summed E-state index contributed by atoms with van der Waals surface area (Å²) in [5.74, 6) is 0.620. The zero-order valence-corrected chi connectivity index (χ0v) is 16.5. The molecule has 144 valence electrons. The summed E-state index contributed by atoms with van der Waals surface area (Å²) in [6.07, 6.45) is 5.88. The number of nitrogens with one attached hydrogen (secondary N) is 1. The van der Waals surface area contributed by atoms with Gasteiger partial charge in [-0.15, -0.1) is 0 Å². The number of piperidine rings is 1. The van der Waals surface area contributed by atoms with Crippen LogP contribution in [0.3, 0.4) is 0 Å². The highest BCUT2D eigenvalue weighted by atomic mass is 19.1. The van der Waals surface area contributed by atoms with Crippen LogP contribution < -0.4 is 0 Å². The summed E-state index contributed by atoms with van der Waals surface area (Å²) in [7, 11) is 2.15. The van der Waals surface area contributed by atoms with Gasteiger partial charge < -0.3 is 14.5 Å². The number of rotatable bonds is 2. The van der Waals surface area contributed by atoms with Gasteiger partial charge in [-0.1, -0.05) is 0 Å². The first-order valence-electron chi connectivity index (χ1n) is 9.82. The molecule has 0 saturated carbocycles. The number of aromatic amines is 1. The average molecular weight is 377 g/mol. The van der Waals surface area contributed by atoms with Gasteiger partial charge in [0.15, 0.2) is 5.82 Å². The smallest absolute Gasteiger partial charge is 0.151 e. The maximum absolute atomic E-state index is 15.0. The van der Waals surface area contributed by atoms with Gasteiger partial charge in [0.2, 0.25) is 0 Å². The number of imidazole rings is 1. The normalized spacial score (nSPS) is 16.4. The predicted molar refractivity (Wildman–Crippen MR) is 110 cm³/mol. The van der Waals surface area contributed by atoms with Crippen molar-refractivity contribution in [1.82, 2.24) is 24.4 Å². The summed E-state index contributed by atoms with van der Waals surface area (Å²) in [6.45, 7) is 6.11. The van der Waals surface area contributed by atoms with E-state index in [2.05, 4.69) is 43.6 Å². The Hall–Kier alpha value is -2.73. The molecule has 1 fully saturated rings. The standard InChI is InChI=1S/C22H24FN5/c1-13-8-17-18(12-25-22(17)24-11-13)15-9-19(23)21-20(10-15)28(14(2)26-21)16-4-6-27(3)7-5-16/h8-12,16H,4-7H2,1-3H3,(H,24,25). The molecule has 0 atom stereocenters. The van der Waals surface area contributed by atoms with Gasteiger partial charge in [-0.05, 0) is 76.2 Å². The Morgan fingerprint density at radius 3 is 2.71 bits per heavy atom. The molecule has 1 aromatic carbocycles. The van der Waals surface area contributed by atoms with E-state index in [0.29, 0.717) is 11.6 Å². The fraction of sp³-hybridized carbons (Fsp3) is 0.364. The molecule has 5 rings (SSSR count). The van der Waals surface area contributed by atoms with Crippen LogP contribution in [0.5, 0.6) is 0 Å². The Morgan fingerprint density at radius 1 is 1.14 bits per heavy atom. The maximum Gasteiger partial charge on any atom is 0.151 e. The molecule has 4 aromatic rings. The van der Waals surface area contributed by atoms with Gasteiger partial charge in [0.25, 0.3) is 0 Å². The van der Waals surface area contributed by atoms with Crippen LogP contribution in [-0.4, -0.2) is 44.6 Å². The minimum Gasteiger partial charge on any atom is -0.346 e. The van der Waals surface area contributed by atoms with Crippen molar-refractivity contribution in [2.24, 2.45) is 0 Å². The van der Waals surface area contributed by atoms with Gasteiger partial charge in [0.1, 0.15) is 17.0 Å². The van der Waals surface area contributed by atoms with E-state index in [1.54, 1.807) is 6.07 Å². The third-order valence-corrected chi connectivity index (χ3v) is 5.96. The molecular formula is C22H24FN5. The molecule has 0 bridgehead atoms. The molecule has 1 N–H and O–H groups in total. The Morgan fingerprint density at radius 2 is 1.93 bits per heavy atom. The molecule has 0 amide bonds. The molecule has 0 radical (unpaired) electrons.